The summed E-state index contributed by atoms with van der Waals surface area (Å²) >= 11 is 3.41. The number of hydrogen-bond acceptors (Lipinski definition) is 4. The third kappa shape index (κ3) is 2.39. The van der Waals surface area contributed by atoms with Gasteiger partial charge in [-0.15, -0.1) is 0 Å². The van der Waals surface area contributed by atoms with Crippen molar-refractivity contribution in [1.82, 2.24) is 5.32 Å². The van der Waals surface area contributed by atoms with E-state index in [-0.39, 0.29) is 11.8 Å². The molecule has 24 heavy (non-hydrogen) atoms. The molecule has 2 heterocycles. The van der Waals surface area contributed by atoms with Crippen LogP contribution in [0.3, 0.4) is 0 Å². The Balaban J connectivity index is 1.82. The second-order valence-electron chi connectivity index (χ2n) is 5.85. The Morgan fingerprint density at radius 2 is 1.92 bits per heavy atom. The number of hydrogen-bond donors (Lipinski definition) is 2. The second kappa shape index (κ2) is 5.49. The Morgan fingerprint density at radius 1 is 1.08 bits per heavy atom. The van der Waals surface area contributed by atoms with Crippen molar-refractivity contribution in [2.24, 2.45) is 0 Å². The van der Waals surface area contributed by atoms with Crippen LogP contribution in [0.15, 0.2) is 47.1 Å². The highest BCUT2D eigenvalue weighted by Gasteiger charge is 2.29. The molecule has 5 nitrogen and oxygen atoms in total. The number of nitrogen functional groups attached to an aromatic ring is 1. The van der Waals surface area contributed by atoms with Gasteiger partial charge in [0.05, 0.1) is 5.57 Å². The van der Waals surface area contributed by atoms with Gasteiger partial charge in [0.2, 0.25) is 0 Å². The molecule has 0 aliphatic carbocycles. The summed E-state index contributed by atoms with van der Waals surface area (Å²) in [6.07, 6.45) is 2.69. The van der Waals surface area contributed by atoms with Crippen molar-refractivity contribution in [2.75, 3.05) is 17.2 Å². The summed E-state index contributed by atoms with van der Waals surface area (Å²) in [6, 6.07) is 11.1. The van der Waals surface area contributed by atoms with Crippen LogP contribution >= 0.6 is 15.9 Å². The Morgan fingerprint density at radius 3 is 2.75 bits per heavy atom. The molecule has 0 unspecified atom stereocenters. The first-order valence-electron chi connectivity index (χ1n) is 7.55. The summed E-state index contributed by atoms with van der Waals surface area (Å²) in [6.45, 7) is 0.771. The maximum Gasteiger partial charge on any atom is 0.260 e. The monoisotopic (exact) mass is 383 g/mol. The van der Waals surface area contributed by atoms with E-state index in [0.717, 1.165) is 34.4 Å². The third-order valence-corrected chi connectivity index (χ3v) is 4.80. The maximum atomic E-state index is 12.4. The molecular formula is C18H14BrN3O2. The van der Waals surface area contributed by atoms with Gasteiger partial charge >= 0.3 is 0 Å². The van der Waals surface area contributed by atoms with Gasteiger partial charge in [-0.05, 0) is 48.4 Å². The van der Waals surface area contributed by atoms with Crippen molar-refractivity contribution in [1.29, 1.82) is 0 Å². The number of nitrogens with one attached hydrogen (secondary N) is 1. The lowest BCUT2D eigenvalue weighted by molar-refractivity contribution is -0.114. The van der Waals surface area contributed by atoms with Crippen LogP contribution in [0.5, 0.6) is 0 Å². The van der Waals surface area contributed by atoms with Crippen LogP contribution in [0.4, 0.5) is 11.4 Å². The fraction of sp³-hybridized carbons (Fsp3) is 0.111. The average Bonchev–Trinajstić information content (AvgIpc) is 2.93. The smallest absolute Gasteiger partial charge is 0.260 e. The minimum Gasteiger partial charge on any atom is -0.399 e. The topological polar surface area (TPSA) is 75.4 Å². The summed E-state index contributed by atoms with van der Waals surface area (Å²) in [7, 11) is 0. The SMILES string of the molecule is Nc1ccc2c(c1)CCN2C=C1C(=O)NC(=O)c2ccc(Br)cc21. The number of fused-ring (bicyclic) bond motifs is 2. The zero-order chi connectivity index (χ0) is 16.8. The Kier molecular flexibility index (Phi) is 3.42. The van der Waals surface area contributed by atoms with E-state index in [2.05, 4.69) is 21.2 Å². The number of amides is 2. The van der Waals surface area contributed by atoms with Crippen molar-refractivity contribution < 1.29 is 9.59 Å². The fourth-order valence-corrected chi connectivity index (χ4v) is 3.52. The number of nitrogens with two attached hydrogens (primary N) is 1. The highest BCUT2D eigenvalue weighted by molar-refractivity contribution is 9.10. The number of halogens is 1. The summed E-state index contributed by atoms with van der Waals surface area (Å²) in [5, 5.41) is 2.40. The standard InChI is InChI=1S/C18H14BrN3O2/c19-11-1-3-13-14(8-11)15(18(24)21-17(13)23)9-22-6-5-10-7-12(20)2-4-16(10)22/h1-4,7-9H,5-6,20H2,(H,21,23,24). The molecule has 120 valence electrons. The molecule has 4 rings (SSSR count). The van der Waals surface area contributed by atoms with Crippen molar-refractivity contribution in [3.8, 4) is 0 Å². The van der Waals surface area contributed by atoms with Gasteiger partial charge in [-0.1, -0.05) is 15.9 Å². The Labute approximate surface area is 147 Å². The number of benzene rings is 2. The summed E-state index contributed by atoms with van der Waals surface area (Å²) in [4.78, 5) is 26.4. The van der Waals surface area contributed by atoms with Gasteiger partial charge in [-0.2, -0.15) is 0 Å². The van der Waals surface area contributed by atoms with Crippen molar-refractivity contribution in [3.05, 3.63) is 63.8 Å². The molecule has 0 atom stereocenters. The van der Waals surface area contributed by atoms with Gasteiger partial charge in [0.25, 0.3) is 11.8 Å². The summed E-state index contributed by atoms with van der Waals surface area (Å²) in [5.74, 6) is -0.747. The average molecular weight is 384 g/mol. The van der Waals surface area contributed by atoms with E-state index in [1.165, 1.54) is 0 Å². The molecule has 0 bridgehead atoms. The first kappa shape index (κ1) is 15.0. The first-order chi connectivity index (χ1) is 11.5. The van der Waals surface area contributed by atoms with E-state index in [1.54, 1.807) is 18.2 Å². The molecule has 6 heteroatoms. The minimum atomic E-state index is -0.380. The highest BCUT2D eigenvalue weighted by Crippen LogP contribution is 2.33. The molecule has 2 amide bonds. The molecule has 0 spiro atoms. The highest BCUT2D eigenvalue weighted by atomic mass is 79.9. The van der Waals surface area contributed by atoms with Crippen LogP contribution in [0.2, 0.25) is 0 Å². The van der Waals surface area contributed by atoms with E-state index < -0.39 is 0 Å². The number of nitrogens with zero attached hydrogens (tertiary/aromatic N) is 1. The van der Waals surface area contributed by atoms with Gasteiger partial charge in [-0.25, -0.2) is 0 Å². The second-order valence-corrected chi connectivity index (χ2v) is 6.76. The lowest BCUT2D eigenvalue weighted by atomic mass is 9.95. The van der Waals surface area contributed by atoms with Crippen molar-refractivity contribution >= 4 is 44.7 Å². The maximum absolute atomic E-state index is 12.4. The number of imide groups is 1. The molecule has 0 saturated heterocycles. The molecule has 0 radical (unpaired) electrons. The van der Waals surface area contributed by atoms with E-state index in [0.29, 0.717) is 16.7 Å². The molecule has 2 aliphatic rings. The van der Waals surface area contributed by atoms with Crippen molar-refractivity contribution in [3.63, 3.8) is 0 Å². The summed E-state index contributed by atoms with van der Waals surface area (Å²) < 4.78 is 0.823. The third-order valence-electron chi connectivity index (χ3n) is 4.31. The lowest BCUT2D eigenvalue weighted by Gasteiger charge is -2.22. The number of rotatable bonds is 1. The van der Waals surface area contributed by atoms with Crippen LogP contribution in [-0.2, 0) is 11.2 Å². The van der Waals surface area contributed by atoms with Gasteiger partial charge in [0.1, 0.15) is 0 Å². The predicted octanol–water partition coefficient (Wildman–Crippen LogP) is 2.70. The van der Waals surface area contributed by atoms with E-state index in [4.69, 9.17) is 5.73 Å². The molecular weight excluding hydrogens is 370 g/mol. The molecule has 0 saturated carbocycles. The lowest BCUT2D eigenvalue weighted by Crippen LogP contribution is -2.37. The Bertz CT molecular complexity index is 920. The molecule has 2 aromatic carbocycles. The first-order valence-corrected chi connectivity index (χ1v) is 8.35. The normalized spacial score (nSPS) is 17.7. The fourth-order valence-electron chi connectivity index (χ4n) is 3.16. The van der Waals surface area contributed by atoms with Crippen LogP contribution < -0.4 is 16.0 Å². The van der Waals surface area contributed by atoms with Crippen LogP contribution in [0.1, 0.15) is 21.5 Å². The van der Waals surface area contributed by atoms with Gasteiger partial charge in [0, 0.05) is 39.7 Å². The minimum absolute atomic E-state index is 0.366. The molecule has 0 aromatic heterocycles. The molecule has 3 N–H and O–H groups in total. The number of carbonyl (C=O) groups excluding carboxylic acids is 2. The van der Waals surface area contributed by atoms with E-state index in [9.17, 15) is 9.59 Å². The predicted molar refractivity (Wildman–Crippen MR) is 96.5 cm³/mol. The van der Waals surface area contributed by atoms with E-state index in [1.807, 2.05) is 29.3 Å². The number of anilines is 2. The Hall–Kier alpha value is -2.60. The van der Waals surface area contributed by atoms with Gasteiger partial charge < -0.3 is 10.6 Å². The summed E-state index contributed by atoms with van der Waals surface area (Å²) in [5.41, 5.74) is 10.4. The van der Waals surface area contributed by atoms with E-state index >= 15 is 0 Å². The largest absolute Gasteiger partial charge is 0.399 e. The van der Waals surface area contributed by atoms with Crippen LogP contribution in [0, 0.1) is 0 Å². The number of carbonyl (C=O) groups is 2. The molecule has 0 fully saturated rings. The molecule has 2 aliphatic heterocycles. The zero-order valence-electron chi connectivity index (χ0n) is 12.7. The quantitative estimate of drug-likeness (QED) is 0.451. The van der Waals surface area contributed by atoms with Crippen molar-refractivity contribution in [2.45, 2.75) is 6.42 Å². The van der Waals surface area contributed by atoms with Gasteiger partial charge in [-0.3, -0.25) is 14.9 Å². The van der Waals surface area contributed by atoms with Crippen LogP contribution in [0.25, 0.3) is 5.57 Å². The zero-order valence-corrected chi connectivity index (χ0v) is 14.3. The van der Waals surface area contributed by atoms with Crippen LogP contribution in [-0.4, -0.2) is 18.4 Å². The molecule has 2 aromatic rings. The van der Waals surface area contributed by atoms with Gasteiger partial charge in [0.15, 0.2) is 0 Å².